The molecular formula is C29H42FN5O3S. The van der Waals surface area contributed by atoms with Crippen LogP contribution in [0.4, 0.5) is 10.4 Å². The number of amides is 1. The third-order valence-electron chi connectivity index (χ3n) is 7.76. The van der Waals surface area contributed by atoms with Crippen LogP contribution < -0.4 is 4.90 Å². The van der Waals surface area contributed by atoms with Gasteiger partial charge in [0.15, 0.2) is 5.82 Å². The summed E-state index contributed by atoms with van der Waals surface area (Å²) >= 11 is 1.54. The lowest BCUT2D eigenvalue weighted by Crippen LogP contribution is -2.34. The number of anilines is 1. The van der Waals surface area contributed by atoms with E-state index in [1.54, 1.807) is 35.0 Å². The number of aromatic nitrogens is 3. The molecule has 10 heteroatoms. The third kappa shape index (κ3) is 8.62. The number of alkyl halides is 1. The molecule has 1 unspecified atom stereocenters. The van der Waals surface area contributed by atoms with Crippen molar-refractivity contribution in [1.82, 2.24) is 20.0 Å². The topological polar surface area (TPSA) is 84.6 Å². The normalized spacial score (nSPS) is 21.1. The van der Waals surface area contributed by atoms with Crippen molar-refractivity contribution in [2.24, 2.45) is 23.7 Å². The van der Waals surface area contributed by atoms with E-state index in [4.69, 9.17) is 9.26 Å². The van der Waals surface area contributed by atoms with Crippen LogP contribution in [0.15, 0.2) is 40.2 Å². The lowest BCUT2D eigenvalue weighted by Gasteiger charge is -2.30. The molecule has 3 heterocycles. The number of halogens is 1. The fourth-order valence-corrected chi connectivity index (χ4v) is 5.92. The van der Waals surface area contributed by atoms with Gasteiger partial charge in [0.2, 0.25) is 5.91 Å². The zero-order chi connectivity index (χ0) is 27.8. The van der Waals surface area contributed by atoms with Crippen LogP contribution in [0.1, 0.15) is 69.5 Å². The average molecular weight is 560 g/mol. The fraction of sp³-hybridized carbons (Fsp3) is 0.655. The minimum Gasteiger partial charge on any atom is -0.494 e. The van der Waals surface area contributed by atoms with Gasteiger partial charge < -0.3 is 19.1 Å². The Hall–Kier alpha value is -2.75. The van der Waals surface area contributed by atoms with E-state index in [0.717, 1.165) is 54.9 Å². The Morgan fingerprint density at radius 3 is 2.79 bits per heavy atom. The number of hydrogen-bond acceptors (Lipinski definition) is 8. The van der Waals surface area contributed by atoms with Gasteiger partial charge >= 0.3 is 6.01 Å². The van der Waals surface area contributed by atoms with Crippen molar-refractivity contribution in [3.8, 4) is 0 Å². The van der Waals surface area contributed by atoms with Crippen molar-refractivity contribution in [1.29, 1.82) is 0 Å². The second-order valence-corrected chi connectivity index (χ2v) is 12.2. The summed E-state index contributed by atoms with van der Waals surface area (Å²) in [5, 5.41) is 4.09. The molecule has 1 saturated carbocycles. The first-order valence-electron chi connectivity index (χ1n) is 14.1. The summed E-state index contributed by atoms with van der Waals surface area (Å²) in [6.45, 7) is 8.62. The van der Waals surface area contributed by atoms with Crippen LogP contribution >= 0.6 is 11.3 Å². The van der Waals surface area contributed by atoms with Crippen molar-refractivity contribution in [3.05, 3.63) is 46.4 Å². The Bertz CT molecular complexity index is 1090. The Labute approximate surface area is 235 Å². The number of rotatable bonds is 14. The number of piperidine rings is 1. The molecule has 4 rings (SSSR count). The highest BCUT2D eigenvalue weighted by Gasteiger charge is 2.43. The molecule has 2 fully saturated rings. The van der Waals surface area contributed by atoms with Crippen LogP contribution in [0.5, 0.6) is 0 Å². The van der Waals surface area contributed by atoms with Crippen LogP contribution in [0.2, 0.25) is 0 Å². The molecule has 2 aliphatic rings. The van der Waals surface area contributed by atoms with Crippen molar-refractivity contribution < 1.29 is 18.4 Å². The highest BCUT2D eigenvalue weighted by atomic mass is 32.1. The van der Waals surface area contributed by atoms with Crippen LogP contribution in [-0.4, -0.2) is 59.4 Å². The van der Waals surface area contributed by atoms with Gasteiger partial charge in [-0.2, -0.15) is 4.98 Å². The van der Waals surface area contributed by atoms with Gasteiger partial charge in [-0.1, -0.05) is 32.0 Å². The fourth-order valence-electron chi connectivity index (χ4n) is 5.27. The predicted octanol–water partition coefficient (Wildman–Crippen LogP) is 6.00. The Balaban J connectivity index is 1.14. The summed E-state index contributed by atoms with van der Waals surface area (Å²) in [5.74, 6) is 3.83. The number of hydrogen-bond donors (Lipinski definition) is 0. The third-order valence-corrected chi connectivity index (χ3v) is 8.53. The molecule has 1 saturated heterocycles. The summed E-state index contributed by atoms with van der Waals surface area (Å²) in [7, 11) is 1.81. The van der Waals surface area contributed by atoms with E-state index in [2.05, 4.69) is 33.9 Å². The second-order valence-electron chi connectivity index (χ2n) is 11.2. The first-order valence-corrected chi connectivity index (χ1v) is 15.0. The van der Waals surface area contributed by atoms with Gasteiger partial charge in [0.1, 0.15) is 12.4 Å². The largest absolute Gasteiger partial charge is 0.494 e. The molecule has 2 aromatic rings. The molecule has 8 nitrogen and oxygen atoms in total. The molecule has 0 bridgehead atoms. The monoisotopic (exact) mass is 559 g/mol. The smallest absolute Gasteiger partial charge is 0.324 e. The second kappa shape index (κ2) is 14.1. The summed E-state index contributed by atoms with van der Waals surface area (Å²) < 4.78 is 24.5. The summed E-state index contributed by atoms with van der Waals surface area (Å²) in [6.07, 6.45) is 11.9. The lowest BCUT2D eigenvalue weighted by atomic mass is 9.90. The van der Waals surface area contributed by atoms with E-state index in [9.17, 15) is 9.18 Å². The maximum atomic E-state index is 13.1. The maximum absolute atomic E-state index is 13.1. The van der Waals surface area contributed by atoms with Gasteiger partial charge in [0.05, 0.1) is 18.7 Å². The number of ether oxygens (including phenoxy) is 1. The van der Waals surface area contributed by atoms with Gasteiger partial charge in [-0.25, -0.2) is 4.39 Å². The highest BCUT2D eigenvalue weighted by molar-refractivity contribution is 7.09. The first kappa shape index (κ1) is 29.2. The zero-order valence-corrected chi connectivity index (χ0v) is 24.4. The summed E-state index contributed by atoms with van der Waals surface area (Å²) in [4.78, 5) is 26.1. The molecule has 39 heavy (non-hydrogen) atoms. The van der Waals surface area contributed by atoms with Gasteiger partial charge in [0, 0.05) is 43.5 Å². The molecule has 0 aromatic carbocycles. The summed E-state index contributed by atoms with van der Waals surface area (Å²) in [6, 6.07) is 0.653. The molecule has 0 spiro atoms. The standard InChI is InChI=1S/C29H42FN5O3S/c1-20(2)28-32-29(38-33-28)35-12-8-22(9-13-35)26-16-23(26)10-14-37-24(7-11-30)6-5-21(3)15-27(36)34(4)18-25-17-31-19-39-25/h5-7,17,19-23,26H,8-16,18H2,1-4H3/b6-5-,24-7+/t21?,23-,26-/m1/s1. The van der Waals surface area contributed by atoms with Gasteiger partial charge in [-0.3, -0.25) is 9.78 Å². The van der Waals surface area contributed by atoms with E-state index in [1.807, 2.05) is 19.1 Å². The zero-order valence-electron chi connectivity index (χ0n) is 23.6. The Kier molecular flexibility index (Phi) is 10.5. The van der Waals surface area contributed by atoms with Gasteiger partial charge in [-0.15, -0.1) is 11.3 Å². The molecule has 0 N–H and O–H groups in total. The number of allylic oxidation sites excluding steroid dienone is 3. The van der Waals surface area contributed by atoms with E-state index >= 15 is 0 Å². The molecule has 0 radical (unpaired) electrons. The van der Waals surface area contributed by atoms with E-state index < -0.39 is 6.67 Å². The van der Waals surface area contributed by atoms with E-state index in [1.165, 1.54) is 12.5 Å². The van der Waals surface area contributed by atoms with Gasteiger partial charge in [0.25, 0.3) is 0 Å². The average Bonchev–Trinajstić information content (AvgIpc) is 3.28. The quantitative estimate of drug-likeness (QED) is 0.207. The number of carbonyl (C=O) groups is 1. The van der Waals surface area contributed by atoms with E-state index in [0.29, 0.717) is 37.3 Å². The Morgan fingerprint density at radius 2 is 2.13 bits per heavy atom. The summed E-state index contributed by atoms with van der Waals surface area (Å²) in [5.41, 5.74) is 1.77. The van der Waals surface area contributed by atoms with Crippen LogP contribution in [0.3, 0.4) is 0 Å². The lowest BCUT2D eigenvalue weighted by molar-refractivity contribution is -0.130. The molecule has 1 amide bonds. The van der Waals surface area contributed by atoms with Crippen molar-refractivity contribution in [2.45, 2.75) is 65.3 Å². The van der Waals surface area contributed by atoms with Crippen molar-refractivity contribution in [3.63, 3.8) is 0 Å². The molecule has 2 aromatic heterocycles. The molecular weight excluding hydrogens is 517 g/mol. The van der Waals surface area contributed by atoms with Gasteiger partial charge in [-0.05, 0) is 61.5 Å². The molecule has 214 valence electrons. The number of thiazole rings is 1. The first-order chi connectivity index (χ1) is 18.8. The maximum Gasteiger partial charge on any atom is 0.324 e. The van der Waals surface area contributed by atoms with Crippen molar-refractivity contribution in [2.75, 3.05) is 38.3 Å². The Morgan fingerprint density at radius 1 is 1.33 bits per heavy atom. The van der Waals surface area contributed by atoms with Crippen LogP contribution in [0, 0.1) is 23.7 Å². The van der Waals surface area contributed by atoms with Crippen LogP contribution in [0.25, 0.3) is 0 Å². The SMILES string of the molecule is CC(/C=C\C(=C/CF)OCC[C@@H]1C[C@@H]1C1CCN(c2nc(C(C)C)no2)CC1)CC(=O)N(C)Cc1cncs1. The number of nitrogens with zero attached hydrogens (tertiary/aromatic N) is 5. The molecule has 3 atom stereocenters. The molecule has 1 aliphatic heterocycles. The predicted molar refractivity (Wildman–Crippen MR) is 151 cm³/mol. The van der Waals surface area contributed by atoms with E-state index in [-0.39, 0.29) is 17.7 Å². The number of carbonyl (C=O) groups excluding carboxylic acids is 1. The molecule has 1 aliphatic carbocycles. The minimum absolute atomic E-state index is 0.0239. The van der Waals surface area contributed by atoms with Crippen molar-refractivity contribution >= 4 is 23.3 Å². The minimum atomic E-state index is -0.575. The van der Waals surface area contributed by atoms with Crippen LogP contribution in [-0.2, 0) is 16.1 Å². The highest BCUT2D eigenvalue weighted by Crippen LogP contribution is 2.50.